The lowest BCUT2D eigenvalue weighted by Crippen LogP contribution is -2.41. The highest BCUT2D eigenvalue weighted by molar-refractivity contribution is 5.76. The molecule has 1 fully saturated rings. The van der Waals surface area contributed by atoms with Gasteiger partial charge in [0.15, 0.2) is 0 Å². The lowest BCUT2D eigenvalue weighted by molar-refractivity contribution is -0.134. The Morgan fingerprint density at radius 3 is 2.73 bits per heavy atom. The summed E-state index contributed by atoms with van der Waals surface area (Å²) in [5, 5.41) is 0. The Labute approximate surface area is 94.0 Å². The number of carbonyl (C=O) groups is 1. The number of likely N-dealkylation sites (tertiary alicyclic amines) is 1. The van der Waals surface area contributed by atoms with Crippen LogP contribution >= 0.6 is 0 Å². The highest BCUT2D eigenvalue weighted by Crippen LogP contribution is 2.18. The van der Waals surface area contributed by atoms with E-state index in [-0.39, 0.29) is 0 Å². The van der Waals surface area contributed by atoms with Crippen LogP contribution in [0.15, 0.2) is 0 Å². The van der Waals surface area contributed by atoms with E-state index < -0.39 is 0 Å². The highest BCUT2D eigenvalue weighted by Gasteiger charge is 2.22. The number of rotatable bonds is 5. The van der Waals surface area contributed by atoms with Crippen LogP contribution in [0, 0.1) is 0 Å². The Kier molecular flexibility index (Phi) is 5.74. The van der Waals surface area contributed by atoms with Crippen LogP contribution in [0.2, 0.25) is 0 Å². The Hall–Kier alpha value is -0.530. The first-order chi connectivity index (χ1) is 7.25. The normalized spacial score (nSPS) is 21.7. The van der Waals surface area contributed by atoms with Gasteiger partial charge in [-0.05, 0) is 32.6 Å². The Bertz CT molecular complexity index is 191. The van der Waals surface area contributed by atoms with Gasteiger partial charge in [0.05, 0.1) is 0 Å². The smallest absolute Gasteiger partial charge is 0.222 e. The average molecular weight is 211 g/mol. The quantitative estimate of drug-likeness (QED) is 0.639. The van der Waals surface area contributed by atoms with E-state index in [1.807, 2.05) is 0 Å². The molecule has 0 radical (unpaired) electrons. The molecule has 15 heavy (non-hydrogen) atoms. The summed E-state index contributed by atoms with van der Waals surface area (Å²) in [5.41, 5.74) is 0. The Morgan fingerprint density at radius 2 is 2.07 bits per heavy atom. The van der Waals surface area contributed by atoms with Crippen molar-refractivity contribution in [1.29, 1.82) is 0 Å². The number of hydrogen-bond acceptors (Lipinski definition) is 1. The third-order valence-electron chi connectivity index (χ3n) is 3.37. The minimum absolute atomic E-state index is 0.387. The number of nitrogens with zero attached hydrogens (tertiary/aromatic N) is 1. The second-order valence-electron chi connectivity index (χ2n) is 4.74. The van der Waals surface area contributed by atoms with E-state index in [9.17, 15) is 4.79 Å². The van der Waals surface area contributed by atoms with Crippen molar-refractivity contribution in [3.8, 4) is 0 Å². The molecule has 0 bridgehead atoms. The van der Waals surface area contributed by atoms with Gasteiger partial charge in [-0.3, -0.25) is 4.79 Å². The van der Waals surface area contributed by atoms with Crippen LogP contribution in [0.25, 0.3) is 0 Å². The zero-order valence-corrected chi connectivity index (χ0v) is 10.3. The third kappa shape index (κ3) is 4.23. The average Bonchev–Trinajstić information content (AvgIpc) is 2.25. The summed E-state index contributed by atoms with van der Waals surface area (Å²) in [6.07, 6.45) is 9.26. The Morgan fingerprint density at radius 1 is 1.27 bits per heavy atom. The van der Waals surface area contributed by atoms with Crippen LogP contribution < -0.4 is 0 Å². The molecule has 1 aliphatic heterocycles. The predicted octanol–water partition coefficient (Wildman–Crippen LogP) is 3.36. The topological polar surface area (TPSA) is 20.3 Å². The van der Waals surface area contributed by atoms with E-state index in [0.717, 1.165) is 19.4 Å². The maximum Gasteiger partial charge on any atom is 0.222 e. The summed E-state index contributed by atoms with van der Waals surface area (Å²) in [6, 6.07) is 0.484. The molecule has 2 nitrogen and oxygen atoms in total. The molecule has 1 aliphatic rings. The van der Waals surface area contributed by atoms with Gasteiger partial charge in [-0.2, -0.15) is 0 Å². The molecule has 1 rings (SSSR count). The zero-order chi connectivity index (χ0) is 11.1. The fourth-order valence-corrected chi connectivity index (χ4v) is 2.32. The molecule has 1 amide bonds. The standard InChI is InChI=1S/C13H25NO/c1-3-4-5-6-10-13(15)14-11-8-7-9-12(14)2/h12H,3-11H2,1-2H3/t12-/m1/s1. The molecular weight excluding hydrogens is 186 g/mol. The maximum absolute atomic E-state index is 11.9. The SMILES string of the molecule is CCCCCCC(=O)N1CCCC[C@H]1C. The van der Waals surface area contributed by atoms with E-state index in [4.69, 9.17) is 0 Å². The molecule has 1 saturated heterocycles. The third-order valence-corrected chi connectivity index (χ3v) is 3.37. The summed E-state index contributed by atoms with van der Waals surface area (Å²) in [4.78, 5) is 14.0. The van der Waals surface area contributed by atoms with Crippen LogP contribution in [0.3, 0.4) is 0 Å². The highest BCUT2D eigenvalue weighted by atomic mass is 16.2. The van der Waals surface area contributed by atoms with Crippen molar-refractivity contribution in [3.05, 3.63) is 0 Å². The van der Waals surface area contributed by atoms with Crippen LogP contribution in [-0.4, -0.2) is 23.4 Å². The summed E-state index contributed by atoms with van der Waals surface area (Å²) < 4.78 is 0. The molecule has 1 heterocycles. The van der Waals surface area contributed by atoms with Crippen LogP contribution in [0.4, 0.5) is 0 Å². The van der Waals surface area contributed by atoms with Crippen molar-refractivity contribution in [2.45, 2.75) is 71.3 Å². The van der Waals surface area contributed by atoms with Crippen molar-refractivity contribution >= 4 is 5.91 Å². The molecule has 0 saturated carbocycles. The fraction of sp³-hybridized carbons (Fsp3) is 0.923. The van der Waals surface area contributed by atoms with Gasteiger partial charge in [0, 0.05) is 19.0 Å². The van der Waals surface area contributed by atoms with Gasteiger partial charge < -0.3 is 4.90 Å². The van der Waals surface area contributed by atoms with Crippen molar-refractivity contribution in [2.24, 2.45) is 0 Å². The van der Waals surface area contributed by atoms with Crippen molar-refractivity contribution in [1.82, 2.24) is 4.90 Å². The van der Waals surface area contributed by atoms with Gasteiger partial charge in [0.2, 0.25) is 5.91 Å². The lowest BCUT2D eigenvalue weighted by Gasteiger charge is -2.33. The molecule has 0 unspecified atom stereocenters. The first-order valence-corrected chi connectivity index (χ1v) is 6.55. The monoisotopic (exact) mass is 211 g/mol. The lowest BCUT2D eigenvalue weighted by atomic mass is 10.0. The largest absolute Gasteiger partial charge is 0.340 e. The van der Waals surface area contributed by atoms with Gasteiger partial charge in [-0.15, -0.1) is 0 Å². The number of hydrogen-bond donors (Lipinski definition) is 0. The van der Waals surface area contributed by atoms with E-state index in [1.165, 1.54) is 38.5 Å². The van der Waals surface area contributed by atoms with Crippen molar-refractivity contribution in [3.63, 3.8) is 0 Å². The number of amides is 1. The van der Waals surface area contributed by atoms with Crippen LogP contribution in [0.1, 0.15) is 65.2 Å². The van der Waals surface area contributed by atoms with E-state index in [0.29, 0.717) is 11.9 Å². The van der Waals surface area contributed by atoms with E-state index in [2.05, 4.69) is 18.7 Å². The molecule has 88 valence electrons. The van der Waals surface area contributed by atoms with Gasteiger partial charge in [0.1, 0.15) is 0 Å². The van der Waals surface area contributed by atoms with E-state index >= 15 is 0 Å². The Balaban J connectivity index is 2.20. The van der Waals surface area contributed by atoms with Gasteiger partial charge in [-0.1, -0.05) is 26.2 Å². The summed E-state index contributed by atoms with van der Waals surface area (Å²) in [7, 11) is 0. The first-order valence-electron chi connectivity index (χ1n) is 6.55. The molecule has 2 heteroatoms. The fourth-order valence-electron chi connectivity index (χ4n) is 2.32. The molecule has 0 aromatic rings. The minimum Gasteiger partial charge on any atom is -0.340 e. The maximum atomic E-state index is 11.9. The first kappa shape index (κ1) is 12.5. The summed E-state index contributed by atoms with van der Waals surface area (Å²) in [6.45, 7) is 5.38. The molecule has 0 N–H and O–H groups in total. The molecule has 0 aromatic heterocycles. The summed E-state index contributed by atoms with van der Waals surface area (Å²) >= 11 is 0. The van der Waals surface area contributed by atoms with Crippen molar-refractivity contribution < 1.29 is 4.79 Å². The number of piperidine rings is 1. The molecule has 0 aliphatic carbocycles. The molecule has 1 atom stereocenters. The zero-order valence-electron chi connectivity index (χ0n) is 10.3. The second-order valence-corrected chi connectivity index (χ2v) is 4.74. The minimum atomic E-state index is 0.387. The van der Waals surface area contributed by atoms with E-state index in [1.54, 1.807) is 0 Å². The van der Waals surface area contributed by atoms with Gasteiger partial charge >= 0.3 is 0 Å². The van der Waals surface area contributed by atoms with Crippen LogP contribution in [-0.2, 0) is 4.79 Å². The van der Waals surface area contributed by atoms with Gasteiger partial charge in [-0.25, -0.2) is 0 Å². The molecule has 0 aromatic carbocycles. The second kappa shape index (κ2) is 6.86. The van der Waals surface area contributed by atoms with Crippen molar-refractivity contribution in [2.75, 3.05) is 6.54 Å². The van der Waals surface area contributed by atoms with Crippen LogP contribution in [0.5, 0.6) is 0 Å². The van der Waals surface area contributed by atoms with Gasteiger partial charge in [0.25, 0.3) is 0 Å². The molecular formula is C13H25NO. The number of carbonyl (C=O) groups excluding carboxylic acids is 1. The predicted molar refractivity (Wildman–Crippen MR) is 63.8 cm³/mol. The molecule has 0 spiro atoms. The number of unbranched alkanes of at least 4 members (excludes halogenated alkanes) is 3. The summed E-state index contributed by atoms with van der Waals surface area (Å²) in [5.74, 6) is 0.387.